The number of amides is 1. The van der Waals surface area contributed by atoms with Crippen molar-refractivity contribution in [3.05, 3.63) is 40.7 Å². The van der Waals surface area contributed by atoms with Gasteiger partial charge in [0.05, 0.1) is 0 Å². The van der Waals surface area contributed by atoms with Gasteiger partial charge in [0.1, 0.15) is 5.82 Å². The number of halogens is 1. The Bertz CT molecular complexity index is 874. The van der Waals surface area contributed by atoms with Crippen molar-refractivity contribution in [1.82, 2.24) is 9.29 Å². The minimum atomic E-state index is -3.70. The van der Waals surface area contributed by atoms with Crippen LogP contribution in [0.3, 0.4) is 0 Å². The molecule has 0 unspecified atom stereocenters. The Morgan fingerprint density at radius 3 is 2.58 bits per heavy atom. The number of sulfonamides is 1. The number of aromatic nitrogens is 1. The zero-order valence-electron chi connectivity index (χ0n) is 14.4. The lowest BCUT2D eigenvalue weighted by Gasteiger charge is -2.24. The first-order valence-electron chi connectivity index (χ1n) is 8.47. The first kappa shape index (κ1) is 19.1. The summed E-state index contributed by atoms with van der Waals surface area (Å²) in [6, 6.07) is 6.24. The minimum absolute atomic E-state index is 0.0212. The van der Waals surface area contributed by atoms with E-state index in [1.165, 1.54) is 21.3 Å². The average Bonchev–Trinajstić information content (AvgIpc) is 3.15. The third-order valence-electron chi connectivity index (χ3n) is 4.25. The Balaban J connectivity index is 1.83. The fraction of sp³-hybridized carbons (Fsp3) is 0.412. The van der Waals surface area contributed by atoms with Crippen molar-refractivity contribution in [3.8, 4) is 0 Å². The Morgan fingerprint density at radius 2 is 1.96 bits per heavy atom. The summed E-state index contributed by atoms with van der Waals surface area (Å²) >= 11 is 3.31. The number of pyridine rings is 1. The van der Waals surface area contributed by atoms with Crippen LogP contribution in [-0.2, 0) is 10.0 Å². The molecular formula is C17H20BrN3O4S. The van der Waals surface area contributed by atoms with Crippen LogP contribution in [0.5, 0.6) is 0 Å². The summed E-state index contributed by atoms with van der Waals surface area (Å²) < 4.78 is 33.0. The van der Waals surface area contributed by atoms with Crippen molar-refractivity contribution in [2.75, 3.05) is 24.5 Å². The second kappa shape index (κ2) is 7.89. The van der Waals surface area contributed by atoms with Gasteiger partial charge in [-0.25, -0.2) is 13.4 Å². The maximum Gasteiger partial charge on any atom is 0.295 e. The van der Waals surface area contributed by atoms with Crippen molar-refractivity contribution >= 4 is 37.7 Å². The lowest BCUT2D eigenvalue weighted by atomic mass is 10.2. The number of piperidine rings is 1. The zero-order valence-corrected chi connectivity index (χ0v) is 16.8. The molecule has 0 aliphatic carbocycles. The molecule has 0 atom stereocenters. The maximum absolute atomic E-state index is 12.7. The smallest absolute Gasteiger partial charge is 0.295 e. The highest BCUT2D eigenvalue weighted by Gasteiger charge is 2.30. The van der Waals surface area contributed by atoms with Gasteiger partial charge in [0, 0.05) is 30.3 Å². The van der Waals surface area contributed by atoms with E-state index in [0.29, 0.717) is 25.5 Å². The summed E-state index contributed by atoms with van der Waals surface area (Å²) in [6.07, 6.45) is 4.30. The number of furan rings is 1. The van der Waals surface area contributed by atoms with Gasteiger partial charge in [-0.15, -0.1) is 0 Å². The van der Waals surface area contributed by atoms with Gasteiger partial charge in [-0.3, -0.25) is 9.69 Å². The fourth-order valence-corrected chi connectivity index (χ4v) is 4.54. The van der Waals surface area contributed by atoms with Crippen LogP contribution in [0.25, 0.3) is 0 Å². The number of hydrogen-bond acceptors (Lipinski definition) is 5. The molecule has 7 nitrogen and oxygen atoms in total. The molecule has 0 N–H and O–H groups in total. The molecule has 9 heteroatoms. The summed E-state index contributed by atoms with van der Waals surface area (Å²) in [7, 11) is -3.70. The normalized spacial score (nSPS) is 15.8. The van der Waals surface area contributed by atoms with E-state index in [1.54, 1.807) is 18.3 Å². The Labute approximate surface area is 161 Å². The lowest BCUT2D eigenvalue weighted by molar-refractivity contribution is 0.0955. The van der Waals surface area contributed by atoms with Crippen molar-refractivity contribution in [1.29, 1.82) is 0 Å². The van der Waals surface area contributed by atoms with Gasteiger partial charge in [-0.1, -0.05) is 6.42 Å². The van der Waals surface area contributed by atoms with Gasteiger partial charge in [0.25, 0.3) is 15.9 Å². The standard InChI is InChI=1S/C17H20BrN3O4S/c1-2-21(15-8-6-13(18)12-19-15)17(22)14-7-9-16(25-14)26(23,24)20-10-4-3-5-11-20/h6-9,12H,2-5,10-11H2,1H3. The van der Waals surface area contributed by atoms with Crippen molar-refractivity contribution in [2.45, 2.75) is 31.3 Å². The second-order valence-corrected chi connectivity index (χ2v) is 8.75. The fourth-order valence-electron chi connectivity index (χ4n) is 2.88. The molecule has 0 radical (unpaired) electrons. The SMILES string of the molecule is CCN(C(=O)c1ccc(S(=O)(=O)N2CCCCC2)o1)c1ccc(Br)cn1. The summed E-state index contributed by atoms with van der Waals surface area (Å²) in [6.45, 7) is 3.16. The largest absolute Gasteiger partial charge is 0.438 e. The van der Waals surface area contributed by atoms with Crippen LogP contribution < -0.4 is 4.90 Å². The van der Waals surface area contributed by atoms with E-state index in [2.05, 4.69) is 20.9 Å². The Hall–Kier alpha value is -1.71. The Morgan fingerprint density at radius 1 is 1.23 bits per heavy atom. The van der Waals surface area contributed by atoms with E-state index < -0.39 is 15.9 Å². The lowest BCUT2D eigenvalue weighted by Crippen LogP contribution is -2.35. The molecule has 0 spiro atoms. The van der Waals surface area contributed by atoms with E-state index in [4.69, 9.17) is 4.42 Å². The highest BCUT2D eigenvalue weighted by Crippen LogP contribution is 2.24. The molecule has 26 heavy (non-hydrogen) atoms. The summed E-state index contributed by atoms with van der Waals surface area (Å²) in [4.78, 5) is 18.4. The molecule has 0 bridgehead atoms. The van der Waals surface area contributed by atoms with E-state index in [-0.39, 0.29) is 10.9 Å². The first-order valence-corrected chi connectivity index (χ1v) is 10.7. The average molecular weight is 442 g/mol. The van der Waals surface area contributed by atoms with Crippen molar-refractivity contribution in [2.24, 2.45) is 0 Å². The van der Waals surface area contributed by atoms with Gasteiger partial charge < -0.3 is 4.42 Å². The molecule has 2 aromatic heterocycles. The third kappa shape index (κ3) is 3.84. The molecule has 1 saturated heterocycles. The highest BCUT2D eigenvalue weighted by atomic mass is 79.9. The summed E-state index contributed by atoms with van der Waals surface area (Å²) in [5, 5.41) is -0.192. The summed E-state index contributed by atoms with van der Waals surface area (Å²) in [5.74, 6) is 0.0205. The van der Waals surface area contributed by atoms with Crippen LogP contribution in [-0.4, -0.2) is 43.2 Å². The third-order valence-corrected chi connectivity index (χ3v) is 6.49. The number of carbonyl (C=O) groups is 1. The van der Waals surface area contributed by atoms with Crippen LogP contribution in [0.1, 0.15) is 36.7 Å². The minimum Gasteiger partial charge on any atom is -0.438 e. The Kier molecular flexibility index (Phi) is 5.79. The summed E-state index contributed by atoms with van der Waals surface area (Å²) in [5.41, 5.74) is 0. The van der Waals surface area contributed by atoms with Gasteiger partial charge in [0.2, 0.25) is 5.09 Å². The van der Waals surface area contributed by atoms with Gasteiger partial charge in [-0.2, -0.15) is 4.31 Å². The van der Waals surface area contributed by atoms with E-state index in [1.807, 2.05) is 6.92 Å². The second-order valence-electron chi connectivity index (χ2n) is 5.97. The van der Waals surface area contributed by atoms with Crippen molar-refractivity contribution in [3.63, 3.8) is 0 Å². The van der Waals surface area contributed by atoms with Gasteiger partial charge >= 0.3 is 0 Å². The van der Waals surface area contributed by atoms with Crippen LogP contribution in [0.15, 0.2) is 44.4 Å². The molecule has 1 fully saturated rings. The topological polar surface area (TPSA) is 83.7 Å². The van der Waals surface area contributed by atoms with Crippen LogP contribution in [0.2, 0.25) is 0 Å². The maximum atomic E-state index is 12.7. The predicted octanol–water partition coefficient (Wildman–Crippen LogP) is 3.28. The van der Waals surface area contributed by atoms with E-state index in [0.717, 1.165) is 23.7 Å². The quantitative estimate of drug-likeness (QED) is 0.710. The molecule has 1 amide bonds. The number of carbonyl (C=O) groups excluding carboxylic acids is 1. The number of hydrogen-bond donors (Lipinski definition) is 0. The molecule has 1 aliphatic rings. The number of rotatable bonds is 5. The molecule has 140 valence electrons. The van der Waals surface area contributed by atoms with Crippen LogP contribution in [0, 0.1) is 0 Å². The van der Waals surface area contributed by atoms with E-state index in [9.17, 15) is 13.2 Å². The van der Waals surface area contributed by atoms with E-state index >= 15 is 0 Å². The molecule has 3 rings (SSSR count). The molecule has 0 saturated carbocycles. The highest BCUT2D eigenvalue weighted by molar-refractivity contribution is 9.10. The van der Waals surface area contributed by atoms with Gasteiger partial charge in [0.15, 0.2) is 5.76 Å². The zero-order chi connectivity index (χ0) is 18.7. The number of anilines is 1. The molecule has 3 heterocycles. The molecular weight excluding hydrogens is 422 g/mol. The van der Waals surface area contributed by atoms with Crippen LogP contribution in [0.4, 0.5) is 5.82 Å². The van der Waals surface area contributed by atoms with Crippen molar-refractivity contribution < 1.29 is 17.6 Å². The predicted molar refractivity (Wildman–Crippen MR) is 101 cm³/mol. The monoisotopic (exact) mass is 441 g/mol. The molecule has 0 aromatic carbocycles. The van der Waals surface area contributed by atoms with Gasteiger partial charge in [-0.05, 0) is 60.0 Å². The molecule has 1 aliphatic heterocycles. The molecule has 2 aromatic rings. The van der Waals surface area contributed by atoms with Crippen LogP contribution >= 0.6 is 15.9 Å². The first-order chi connectivity index (χ1) is 12.4. The number of nitrogens with zero attached hydrogens (tertiary/aromatic N) is 3.